The summed E-state index contributed by atoms with van der Waals surface area (Å²) in [7, 11) is 1.73. The number of halogens is 1. The van der Waals surface area contributed by atoms with E-state index in [2.05, 4.69) is 40.4 Å². The first kappa shape index (κ1) is 26.4. The number of hydrogen-bond acceptors (Lipinski definition) is 4. The maximum Gasteiger partial charge on any atom is 0.258 e. The summed E-state index contributed by atoms with van der Waals surface area (Å²) >= 11 is 8.75. The molecule has 0 bridgehead atoms. The van der Waals surface area contributed by atoms with Crippen LogP contribution in [0.3, 0.4) is 0 Å². The minimum atomic E-state index is -0.340. The molecule has 0 unspecified atom stereocenters. The lowest BCUT2D eigenvalue weighted by atomic mass is 10.1. The van der Waals surface area contributed by atoms with E-state index in [-0.39, 0.29) is 16.9 Å². The van der Waals surface area contributed by atoms with Gasteiger partial charge in [-0.3, -0.25) is 14.9 Å². The Morgan fingerprint density at radius 2 is 1.66 bits per heavy atom. The summed E-state index contributed by atoms with van der Waals surface area (Å²) in [5.41, 5.74) is 2.45. The first-order chi connectivity index (χ1) is 16.7. The quantitative estimate of drug-likeness (QED) is 0.321. The van der Waals surface area contributed by atoms with Gasteiger partial charge < -0.3 is 15.0 Å². The number of carbonyl (C=O) groups excluding carboxylic acids is 2. The average molecular weight is 555 g/mol. The number of carbonyl (C=O) groups is 2. The Morgan fingerprint density at radius 1 is 1.00 bits per heavy atom. The molecule has 182 valence electrons. The summed E-state index contributed by atoms with van der Waals surface area (Å²) in [6.07, 6.45) is 0.952. The molecule has 0 spiro atoms. The molecule has 3 aromatic carbocycles. The zero-order valence-electron chi connectivity index (χ0n) is 19.9. The van der Waals surface area contributed by atoms with Crippen LogP contribution in [0.4, 0.5) is 11.4 Å². The van der Waals surface area contributed by atoms with Gasteiger partial charge in [-0.05, 0) is 95.1 Å². The highest BCUT2D eigenvalue weighted by atomic mass is 79.9. The summed E-state index contributed by atoms with van der Waals surface area (Å²) in [5, 5.41) is 5.80. The monoisotopic (exact) mass is 553 g/mol. The molecular formula is C27H28BrN3O3S. The second kappa shape index (κ2) is 12.5. The molecule has 0 aromatic heterocycles. The van der Waals surface area contributed by atoms with Gasteiger partial charge in [0, 0.05) is 29.5 Å². The number of rotatable bonds is 8. The van der Waals surface area contributed by atoms with Gasteiger partial charge in [-0.15, -0.1) is 0 Å². The highest BCUT2D eigenvalue weighted by Crippen LogP contribution is 2.26. The van der Waals surface area contributed by atoms with Crippen molar-refractivity contribution >= 4 is 56.4 Å². The molecule has 2 amide bonds. The van der Waals surface area contributed by atoms with Gasteiger partial charge in [-0.1, -0.05) is 32.0 Å². The Bertz CT molecular complexity index is 1180. The number of hydrogen-bond donors (Lipinski definition) is 2. The summed E-state index contributed by atoms with van der Waals surface area (Å²) in [6, 6.07) is 21.5. The second-order valence-electron chi connectivity index (χ2n) is 8.36. The minimum Gasteiger partial charge on any atom is -0.492 e. The van der Waals surface area contributed by atoms with Crippen LogP contribution in [0.25, 0.3) is 0 Å². The van der Waals surface area contributed by atoms with Crippen LogP contribution >= 0.6 is 28.1 Å². The predicted molar refractivity (Wildman–Crippen MR) is 148 cm³/mol. The molecule has 0 atom stereocenters. The molecule has 3 rings (SSSR count). The van der Waals surface area contributed by atoms with E-state index in [4.69, 9.17) is 17.0 Å². The van der Waals surface area contributed by atoms with Crippen LogP contribution in [0, 0.1) is 5.92 Å². The van der Waals surface area contributed by atoms with Crippen LogP contribution < -0.4 is 20.3 Å². The van der Waals surface area contributed by atoms with E-state index in [1.807, 2.05) is 30.3 Å². The third-order valence-corrected chi connectivity index (χ3v) is 6.04. The fourth-order valence-electron chi connectivity index (χ4n) is 3.16. The van der Waals surface area contributed by atoms with Gasteiger partial charge in [0.2, 0.25) is 0 Å². The molecule has 6 nitrogen and oxygen atoms in total. The standard InChI is InChI=1S/C27H28BrN3O3S/c1-18(2)15-16-34-24-14-11-20(17-23(24)28)25(32)30-27(35)29-21-12-9-19(10-13-21)26(33)31(3)22-7-5-4-6-8-22/h4-14,17-18H,15-16H2,1-3H3,(H2,29,30,32,35). The third-order valence-electron chi connectivity index (χ3n) is 5.21. The summed E-state index contributed by atoms with van der Waals surface area (Å²) in [4.78, 5) is 26.9. The molecule has 8 heteroatoms. The number of ether oxygens (including phenoxy) is 1. The van der Waals surface area contributed by atoms with Crippen molar-refractivity contribution in [3.63, 3.8) is 0 Å². The van der Waals surface area contributed by atoms with Crippen molar-refractivity contribution in [2.24, 2.45) is 5.92 Å². The summed E-state index contributed by atoms with van der Waals surface area (Å²) in [5.74, 6) is 0.782. The van der Waals surface area contributed by atoms with Crippen LogP contribution in [0.5, 0.6) is 5.75 Å². The van der Waals surface area contributed by atoms with E-state index < -0.39 is 0 Å². The molecule has 0 aliphatic rings. The number of para-hydroxylation sites is 1. The fraction of sp³-hybridized carbons (Fsp3) is 0.222. The molecule has 35 heavy (non-hydrogen) atoms. The smallest absolute Gasteiger partial charge is 0.258 e. The summed E-state index contributed by atoms with van der Waals surface area (Å²) in [6.45, 7) is 4.89. The first-order valence-electron chi connectivity index (χ1n) is 11.2. The van der Waals surface area contributed by atoms with Crippen LogP contribution in [0.15, 0.2) is 77.3 Å². The molecule has 0 aliphatic heterocycles. The average Bonchev–Trinajstić information content (AvgIpc) is 2.84. The van der Waals surface area contributed by atoms with Crippen molar-refractivity contribution in [2.45, 2.75) is 20.3 Å². The van der Waals surface area contributed by atoms with Gasteiger partial charge in [0.25, 0.3) is 11.8 Å². The number of nitrogens with zero attached hydrogens (tertiary/aromatic N) is 1. The lowest BCUT2D eigenvalue weighted by Gasteiger charge is -2.17. The molecule has 0 heterocycles. The van der Waals surface area contributed by atoms with Crippen LogP contribution in [0.1, 0.15) is 41.0 Å². The van der Waals surface area contributed by atoms with Gasteiger partial charge >= 0.3 is 0 Å². The van der Waals surface area contributed by atoms with Crippen molar-refractivity contribution in [3.05, 3.63) is 88.4 Å². The second-order valence-corrected chi connectivity index (χ2v) is 9.62. The summed E-state index contributed by atoms with van der Waals surface area (Å²) < 4.78 is 6.47. The van der Waals surface area contributed by atoms with Crippen molar-refractivity contribution < 1.29 is 14.3 Å². The van der Waals surface area contributed by atoms with Gasteiger partial charge in [-0.25, -0.2) is 0 Å². The van der Waals surface area contributed by atoms with E-state index in [0.717, 1.165) is 12.1 Å². The van der Waals surface area contributed by atoms with Gasteiger partial charge in [0.15, 0.2) is 5.11 Å². The van der Waals surface area contributed by atoms with Crippen molar-refractivity contribution in [1.29, 1.82) is 0 Å². The Hall–Kier alpha value is -3.23. The van der Waals surface area contributed by atoms with Gasteiger partial charge in [-0.2, -0.15) is 0 Å². The van der Waals surface area contributed by atoms with E-state index in [1.54, 1.807) is 54.4 Å². The van der Waals surface area contributed by atoms with Crippen molar-refractivity contribution in [3.8, 4) is 5.75 Å². The van der Waals surface area contributed by atoms with Gasteiger partial charge in [0.1, 0.15) is 5.75 Å². The largest absolute Gasteiger partial charge is 0.492 e. The molecule has 0 aliphatic carbocycles. The number of amides is 2. The van der Waals surface area contributed by atoms with E-state index in [9.17, 15) is 9.59 Å². The van der Waals surface area contributed by atoms with Crippen LogP contribution in [-0.2, 0) is 0 Å². The van der Waals surface area contributed by atoms with Crippen molar-refractivity contribution in [2.75, 3.05) is 23.9 Å². The predicted octanol–water partition coefficient (Wildman–Crippen LogP) is 6.28. The highest BCUT2D eigenvalue weighted by molar-refractivity contribution is 9.10. The van der Waals surface area contributed by atoms with Crippen LogP contribution in [0.2, 0.25) is 0 Å². The number of thiocarbonyl (C=S) groups is 1. The van der Waals surface area contributed by atoms with E-state index in [1.165, 1.54) is 0 Å². The zero-order valence-corrected chi connectivity index (χ0v) is 22.3. The maximum absolute atomic E-state index is 12.7. The molecule has 2 N–H and O–H groups in total. The molecule has 0 saturated carbocycles. The maximum atomic E-state index is 12.7. The third kappa shape index (κ3) is 7.63. The van der Waals surface area contributed by atoms with E-state index >= 15 is 0 Å². The number of nitrogens with one attached hydrogen (secondary N) is 2. The minimum absolute atomic E-state index is 0.124. The number of benzene rings is 3. The Kier molecular flexibility index (Phi) is 9.39. The zero-order chi connectivity index (χ0) is 25.4. The molecule has 0 fully saturated rings. The number of anilines is 2. The SMILES string of the molecule is CC(C)CCOc1ccc(C(=O)NC(=S)Nc2ccc(C(=O)N(C)c3ccccc3)cc2)cc1Br. The highest BCUT2D eigenvalue weighted by Gasteiger charge is 2.14. The topological polar surface area (TPSA) is 70.7 Å². The van der Waals surface area contributed by atoms with E-state index in [0.29, 0.717) is 39.6 Å². The lowest BCUT2D eigenvalue weighted by molar-refractivity contribution is 0.0974. The van der Waals surface area contributed by atoms with Gasteiger partial charge in [0.05, 0.1) is 11.1 Å². The normalized spacial score (nSPS) is 10.5. The lowest BCUT2D eigenvalue weighted by Crippen LogP contribution is -2.34. The molecule has 3 aromatic rings. The Labute approximate surface area is 219 Å². The Morgan fingerprint density at radius 3 is 2.29 bits per heavy atom. The fourth-order valence-corrected chi connectivity index (χ4v) is 3.86. The molecular weight excluding hydrogens is 526 g/mol. The van der Waals surface area contributed by atoms with Crippen molar-refractivity contribution in [1.82, 2.24) is 5.32 Å². The molecule has 0 radical (unpaired) electrons. The molecule has 0 saturated heterocycles. The Balaban J connectivity index is 1.55. The van der Waals surface area contributed by atoms with Crippen LogP contribution in [-0.4, -0.2) is 30.6 Å². The first-order valence-corrected chi connectivity index (χ1v) is 12.4.